The number of anilines is 1. The van der Waals surface area contributed by atoms with Gasteiger partial charge in [-0.2, -0.15) is 0 Å². The van der Waals surface area contributed by atoms with Gasteiger partial charge in [0.05, 0.1) is 6.10 Å². The first kappa shape index (κ1) is 14.9. The van der Waals surface area contributed by atoms with Crippen molar-refractivity contribution in [3.8, 4) is 0 Å². The van der Waals surface area contributed by atoms with Gasteiger partial charge in [-0.3, -0.25) is 4.79 Å². The van der Waals surface area contributed by atoms with Crippen molar-refractivity contribution in [3.05, 3.63) is 29.8 Å². The van der Waals surface area contributed by atoms with Gasteiger partial charge in [0, 0.05) is 25.2 Å². The highest BCUT2D eigenvalue weighted by atomic mass is 16.5. The number of para-hydroxylation sites is 1. The quantitative estimate of drug-likeness (QED) is 0.837. The van der Waals surface area contributed by atoms with Crippen LogP contribution in [0.4, 0.5) is 5.69 Å². The fraction of sp³-hybridized carbons (Fsp3) is 0.562. The van der Waals surface area contributed by atoms with Gasteiger partial charge in [0.15, 0.2) is 0 Å². The average Bonchev–Trinajstić information content (AvgIpc) is 2.44. The van der Waals surface area contributed by atoms with Crippen LogP contribution in [-0.2, 0) is 16.0 Å². The molecule has 4 nitrogen and oxygen atoms in total. The Labute approximate surface area is 120 Å². The van der Waals surface area contributed by atoms with Crippen LogP contribution in [-0.4, -0.2) is 31.7 Å². The van der Waals surface area contributed by atoms with Gasteiger partial charge in [-0.25, -0.2) is 0 Å². The molecule has 1 aliphatic heterocycles. The van der Waals surface area contributed by atoms with E-state index in [2.05, 4.69) is 36.6 Å². The molecule has 1 aromatic carbocycles. The van der Waals surface area contributed by atoms with Crippen molar-refractivity contribution in [1.82, 2.24) is 5.32 Å². The summed E-state index contributed by atoms with van der Waals surface area (Å²) in [5.41, 5.74) is 2.43. The lowest BCUT2D eigenvalue weighted by molar-refractivity contribution is -0.127. The van der Waals surface area contributed by atoms with Crippen molar-refractivity contribution in [1.29, 1.82) is 0 Å². The normalized spacial score (nSPS) is 17.4. The lowest BCUT2D eigenvalue weighted by atomic mass is 10.0. The van der Waals surface area contributed by atoms with E-state index in [0.29, 0.717) is 5.92 Å². The Bertz CT molecular complexity index is 446. The van der Waals surface area contributed by atoms with Crippen LogP contribution in [0.2, 0.25) is 0 Å². The number of carbonyl (C=O) groups is 1. The number of nitrogens with one attached hydrogen (secondary N) is 2. The number of hydrogen-bond donors (Lipinski definition) is 2. The van der Waals surface area contributed by atoms with Crippen molar-refractivity contribution >= 4 is 11.6 Å². The summed E-state index contributed by atoms with van der Waals surface area (Å²) in [6.07, 6.45) is 1.94. The third-order valence-corrected chi connectivity index (χ3v) is 3.48. The summed E-state index contributed by atoms with van der Waals surface area (Å²) in [5, 5.41) is 6.23. The summed E-state index contributed by atoms with van der Waals surface area (Å²) in [7, 11) is 0. The molecule has 0 radical (unpaired) electrons. The molecule has 1 unspecified atom stereocenters. The largest absolute Gasteiger partial charge is 0.382 e. The molecule has 1 heterocycles. The standard InChI is InChI=1S/C16H24N2O2/c1-12(2)7-8-17-16(19)11-20-14-9-13-5-3-4-6-15(13)18-10-14/h3-6,12,14,18H,7-11H2,1-2H3,(H,17,19). The smallest absolute Gasteiger partial charge is 0.246 e. The zero-order valence-electron chi connectivity index (χ0n) is 12.3. The monoisotopic (exact) mass is 276 g/mol. The first-order valence-electron chi connectivity index (χ1n) is 7.35. The molecule has 110 valence electrons. The molecule has 0 saturated carbocycles. The third-order valence-electron chi connectivity index (χ3n) is 3.48. The molecule has 20 heavy (non-hydrogen) atoms. The fourth-order valence-electron chi connectivity index (χ4n) is 2.27. The van der Waals surface area contributed by atoms with Crippen LogP contribution in [0.25, 0.3) is 0 Å². The molecule has 0 bridgehead atoms. The molecule has 1 amide bonds. The van der Waals surface area contributed by atoms with Crippen LogP contribution < -0.4 is 10.6 Å². The first-order valence-corrected chi connectivity index (χ1v) is 7.35. The van der Waals surface area contributed by atoms with E-state index in [1.54, 1.807) is 0 Å². The molecule has 0 aliphatic carbocycles. The van der Waals surface area contributed by atoms with Crippen molar-refractivity contribution in [2.24, 2.45) is 5.92 Å². The van der Waals surface area contributed by atoms with Gasteiger partial charge in [-0.1, -0.05) is 32.0 Å². The van der Waals surface area contributed by atoms with Gasteiger partial charge < -0.3 is 15.4 Å². The Morgan fingerprint density at radius 1 is 1.45 bits per heavy atom. The number of hydrogen-bond acceptors (Lipinski definition) is 3. The summed E-state index contributed by atoms with van der Waals surface area (Å²) >= 11 is 0. The summed E-state index contributed by atoms with van der Waals surface area (Å²) in [6, 6.07) is 8.22. The fourth-order valence-corrected chi connectivity index (χ4v) is 2.27. The lowest BCUT2D eigenvalue weighted by Crippen LogP contribution is -2.35. The average molecular weight is 276 g/mol. The van der Waals surface area contributed by atoms with Crippen LogP contribution >= 0.6 is 0 Å². The second-order valence-corrected chi connectivity index (χ2v) is 5.71. The summed E-state index contributed by atoms with van der Waals surface area (Å²) in [5.74, 6) is 0.583. The predicted octanol–water partition coefficient (Wildman–Crippen LogP) is 2.20. The minimum Gasteiger partial charge on any atom is -0.382 e. The Morgan fingerprint density at radius 3 is 3.05 bits per heavy atom. The molecule has 1 aromatic rings. The zero-order chi connectivity index (χ0) is 14.4. The van der Waals surface area contributed by atoms with Gasteiger partial charge in [0.25, 0.3) is 0 Å². The first-order chi connectivity index (χ1) is 9.65. The Kier molecular flexibility index (Phi) is 5.41. The van der Waals surface area contributed by atoms with Crippen LogP contribution in [0.15, 0.2) is 24.3 Å². The topological polar surface area (TPSA) is 50.4 Å². The Hall–Kier alpha value is -1.55. The maximum Gasteiger partial charge on any atom is 0.246 e. The summed E-state index contributed by atoms with van der Waals surface area (Å²) in [6.45, 7) is 5.93. The van der Waals surface area contributed by atoms with Crippen LogP contribution in [0.1, 0.15) is 25.8 Å². The van der Waals surface area contributed by atoms with E-state index < -0.39 is 0 Å². The van der Waals surface area contributed by atoms with Gasteiger partial charge in [-0.05, 0) is 24.0 Å². The van der Waals surface area contributed by atoms with E-state index in [0.717, 1.165) is 25.9 Å². The second kappa shape index (κ2) is 7.29. The zero-order valence-corrected chi connectivity index (χ0v) is 12.3. The lowest BCUT2D eigenvalue weighted by Gasteiger charge is -2.26. The molecule has 1 aliphatic rings. The highest BCUT2D eigenvalue weighted by Gasteiger charge is 2.18. The van der Waals surface area contributed by atoms with E-state index in [9.17, 15) is 4.79 Å². The van der Waals surface area contributed by atoms with E-state index in [4.69, 9.17) is 4.74 Å². The Morgan fingerprint density at radius 2 is 2.25 bits per heavy atom. The number of fused-ring (bicyclic) bond motifs is 1. The van der Waals surface area contributed by atoms with Crippen molar-refractivity contribution in [2.45, 2.75) is 32.8 Å². The van der Waals surface area contributed by atoms with Crippen LogP contribution in [0.5, 0.6) is 0 Å². The number of rotatable bonds is 6. The second-order valence-electron chi connectivity index (χ2n) is 5.71. The predicted molar refractivity (Wildman–Crippen MR) is 80.8 cm³/mol. The molecule has 0 spiro atoms. The number of ether oxygens (including phenoxy) is 1. The number of amides is 1. The van der Waals surface area contributed by atoms with Crippen molar-refractivity contribution < 1.29 is 9.53 Å². The highest BCUT2D eigenvalue weighted by Crippen LogP contribution is 2.22. The molecule has 0 saturated heterocycles. The van der Waals surface area contributed by atoms with E-state index in [-0.39, 0.29) is 18.6 Å². The minimum atomic E-state index is -0.0236. The highest BCUT2D eigenvalue weighted by molar-refractivity contribution is 5.77. The molecule has 0 aromatic heterocycles. The van der Waals surface area contributed by atoms with Gasteiger partial charge in [0.2, 0.25) is 5.91 Å². The Balaban J connectivity index is 1.69. The molecule has 4 heteroatoms. The minimum absolute atomic E-state index is 0.0236. The SMILES string of the molecule is CC(C)CCNC(=O)COC1CNc2ccccc2C1. The van der Waals surface area contributed by atoms with Crippen molar-refractivity contribution in [3.63, 3.8) is 0 Å². The van der Waals surface area contributed by atoms with Gasteiger partial charge >= 0.3 is 0 Å². The van der Waals surface area contributed by atoms with Gasteiger partial charge in [-0.15, -0.1) is 0 Å². The van der Waals surface area contributed by atoms with Gasteiger partial charge in [0.1, 0.15) is 6.61 Å². The molecule has 1 atom stereocenters. The maximum absolute atomic E-state index is 11.7. The maximum atomic E-state index is 11.7. The third kappa shape index (κ3) is 4.53. The van der Waals surface area contributed by atoms with E-state index in [1.165, 1.54) is 11.3 Å². The molecule has 2 N–H and O–H groups in total. The van der Waals surface area contributed by atoms with Crippen LogP contribution in [0.3, 0.4) is 0 Å². The van der Waals surface area contributed by atoms with Crippen molar-refractivity contribution in [2.75, 3.05) is 25.0 Å². The number of benzene rings is 1. The number of carbonyl (C=O) groups excluding carboxylic acids is 1. The molecular formula is C16H24N2O2. The summed E-state index contributed by atoms with van der Waals surface area (Å²) < 4.78 is 5.68. The van der Waals surface area contributed by atoms with Crippen LogP contribution in [0, 0.1) is 5.92 Å². The molecule has 2 rings (SSSR count). The van der Waals surface area contributed by atoms with E-state index >= 15 is 0 Å². The summed E-state index contributed by atoms with van der Waals surface area (Å²) in [4.78, 5) is 11.7. The molecule has 0 fully saturated rings. The molecular weight excluding hydrogens is 252 g/mol. The van der Waals surface area contributed by atoms with E-state index in [1.807, 2.05) is 12.1 Å².